The summed E-state index contributed by atoms with van der Waals surface area (Å²) < 4.78 is 7.28. The van der Waals surface area contributed by atoms with E-state index < -0.39 is 5.41 Å². The number of carbonyl (C=O) groups excluding carboxylic acids is 2. The van der Waals surface area contributed by atoms with Crippen LogP contribution in [0.3, 0.4) is 0 Å². The average molecular weight is 511 g/mol. The summed E-state index contributed by atoms with van der Waals surface area (Å²) in [5.41, 5.74) is 1.26. The maximum Gasteiger partial charge on any atom is 0.242 e. The Labute approximate surface area is 213 Å². The lowest BCUT2D eigenvalue weighted by molar-refractivity contribution is -0.146. The summed E-state index contributed by atoms with van der Waals surface area (Å²) in [6.07, 6.45) is 1.99. The zero-order valence-electron chi connectivity index (χ0n) is 20.9. The van der Waals surface area contributed by atoms with E-state index in [1.54, 1.807) is 25.9 Å². The van der Waals surface area contributed by atoms with Gasteiger partial charge in [-0.05, 0) is 43.5 Å². The van der Waals surface area contributed by atoms with E-state index in [-0.39, 0.29) is 30.2 Å². The fourth-order valence-electron chi connectivity index (χ4n) is 3.65. The molecule has 34 heavy (non-hydrogen) atoms. The van der Waals surface area contributed by atoms with Crippen LogP contribution < -0.4 is 0 Å². The number of carbonyl (C=O) groups is 2. The van der Waals surface area contributed by atoms with Crippen LogP contribution in [-0.4, -0.2) is 65.4 Å². The number of aromatic nitrogens is 1. The number of halogens is 2. The van der Waals surface area contributed by atoms with Crippen LogP contribution in [-0.2, 0) is 27.4 Å². The number of hydrogen-bond donors (Lipinski definition) is 0. The van der Waals surface area contributed by atoms with Crippen molar-refractivity contribution in [1.29, 1.82) is 0 Å². The van der Waals surface area contributed by atoms with Crippen LogP contribution in [0.2, 0.25) is 5.02 Å². The average Bonchev–Trinajstić information content (AvgIpc) is 3.23. The van der Waals surface area contributed by atoms with E-state index in [1.807, 2.05) is 47.5 Å². The summed E-state index contributed by atoms with van der Waals surface area (Å²) in [4.78, 5) is 29.9. The maximum atomic E-state index is 13.4. The van der Waals surface area contributed by atoms with Crippen LogP contribution in [0.4, 0.5) is 0 Å². The SMILES string of the molecule is COCCN(CC(=O)N(Cc1cccn1Cc1ccccc1Cl)CC(C)C)C(=O)C(C)(C)CCl. The molecule has 0 fully saturated rings. The Morgan fingerprint density at radius 1 is 1.12 bits per heavy atom. The molecule has 0 aliphatic carbocycles. The molecule has 0 aliphatic rings. The second-order valence-electron chi connectivity index (χ2n) is 9.62. The number of amides is 2. The van der Waals surface area contributed by atoms with Crippen molar-refractivity contribution in [3.63, 3.8) is 0 Å². The first-order chi connectivity index (χ1) is 16.1. The van der Waals surface area contributed by atoms with Gasteiger partial charge in [-0.25, -0.2) is 0 Å². The third-order valence-corrected chi connectivity index (χ3v) is 6.64. The number of benzene rings is 1. The van der Waals surface area contributed by atoms with E-state index >= 15 is 0 Å². The molecule has 0 spiro atoms. The van der Waals surface area contributed by atoms with Crippen molar-refractivity contribution in [2.45, 2.75) is 40.8 Å². The molecule has 2 aromatic rings. The third kappa shape index (κ3) is 8.03. The second kappa shape index (κ2) is 13.2. The normalized spacial score (nSPS) is 11.6. The standard InChI is InChI=1S/C26H37Cl2N3O3/c1-20(2)15-31(24(32)18-30(13-14-34-5)25(33)26(3,4)19-27)17-22-10-8-12-29(22)16-21-9-6-7-11-23(21)28/h6-12,20H,13-19H2,1-5H3. The van der Waals surface area contributed by atoms with Crippen LogP contribution in [0.15, 0.2) is 42.6 Å². The Morgan fingerprint density at radius 2 is 1.82 bits per heavy atom. The van der Waals surface area contributed by atoms with Gasteiger partial charge in [0.05, 0.1) is 25.1 Å². The smallest absolute Gasteiger partial charge is 0.242 e. The summed E-state index contributed by atoms with van der Waals surface area (Å²) in [5, 5.41) is 0.714. The predicted molar refractivity (Wildman–Crippen MR) is 138 cm³/mol. The van der Waals surface area contributed by atoms with Crippen molar-refractivity contribution < 1.29 is 14.3 Å². The Bertz CT molecular complexity index is 943. The molecule has 188 valence electrons. The minimum absolute atomic E-state index is 0.0134. The Balaban J connectivity index is 2.22. The Hall–Kier alpha value is -2.02. The molecule has 2 rings (SSSR count). The van der Waals surface area contributed by atoms with Crippen molar-refractivity contribution in [2.24, 2.45) is 11.3 Å². The predicted octanol–water partition coefficient (Wildman–Crippen LogP) is 4.91. The number of rotatable bonds is 13. The van der Waals surface area contributed by atoms with Crippen molar-refractivity contribution in [2.75, 3.05) is 39.2 Å². The van der Waals surface area contributed by atoms with E-state index in [0.717, 1.165) is 11.3 Å². The number of alkyl halides is 1. The lowest BCUT2D eigenvalue weighted by Gasteiger charge is -2.33. The van der Waals surface area contributed by atoms with E-state index in [1.165, 1.54) is 0 Å². The molecule has 0 unspecified atom stereocenters. The Morgan fingerprint density at radius 3 is 2.44 bits per heavy atom. The molecule has 6 nitrogen and oxygen atoms in total. The molecule has 1 aromatic carbocycles. The van der Waals surface area contributed by atoms with Gasteiger partial charge in [0.2, 0.25) is 11.8 Å². The topological polar surface area (TPSA) is 54.8 Å². The molecule has 0 saturated carbocycles. The van der Waals surface area contributed by atoms with Gasteiger partial charge in [-0.1, -0.05) is 43.6 Å². The van der Waals surface area contributed by atoms with Crippen molar-refractivity contribution >= 4 is 35.0 Å². The molecular weight excluding hydrogens is 473 g/mol. The van der Waals surface area contributed by atoms with Gasteiger partial charge in [0, 0.05) is 49.5 Å². The van der Waals surface area contributed by atoms with E-state index in [4.69, 9.17) is 27.9 Å². The molecule has 1 aromatic heterocycles. The highest BCUT2D eigenvalue weighted by atomic mass is 35.5. The lowest BCUT2D eigenvalue weighted by atomic mass is 9.94. The first kappa shape index (κ1) is 28.2. The number of hydrogen-bond acceptors (Lipinski definition) is 3. The zero-order chi connectivity index (χ0) is 25.3. The molecule has 0 saturated heterocycles. The van der Waals surface area contributed by atoms with Crippen molar-refractivity contribution in [1.82, 2.24) is 14.4 Å². The third-order valence-electron chi connectivity index (χ3n) is 5.60. The first-order valence-corrected chi connectivity index (χ1v) is 12.5. The molecule has 0 N–H and O–H groups in total. The largest absolute Gasteiger partial charge is 0.383 e. The highest BCUT2D eigenvalue weighted by molar-refractivity contribution is 6.31. The van der Waals surface area contributed by atoms with Crippen molar-refractivity contribution in [3.8, 4) is 0 Å². The summed E-state index contributed by atoms with van der Waals surface area (Å²) in [7, 11) is 1.58. The fraction of sp³-hybridized carbons (Fsp3) is 0.538. The highest BCUT2D eigenvalue weighted by Gasteiger charge is 2.33. The molecular formula is C26H37Cl2N3O3. The van der Waals surface area contributed by atoms with Gasteiger partial charge < -0.3 is 19.1 Å². The second-order valence-corrected chi connectivity index (χ2v) is 10.3. The van der Waals surface area contributed by atoms with Gasteiger partial charge in [-0.3, -0.25) is 9.59 Å². The molecule has 2 amide bonds. The van der Waals surface area contributed by atoms with E-state index in [9.17, 15) is 9.59 Å². The van der Waals surface area contributed by atoms with Gasteiger partial charge in [-0.15, -0.1) is 11.6 Å². The molecule has 0 bridgehead atoms. The van der Waals surface area contributed by atoms with Crippen molar-refractivity contribution in [3.05, 3.63) is 58.9 Å². The summed E-state index contributed by atoms with van der Waals surface area (Å²) in [5.74, 6) is 0.196. The minimum atomic E-state index is -0.762. The van der Waals surface area contributed by atoms with Crippen LogP contribution in [0.25, 0.3) is 0 Å². The lowest BCUT2D eigenvalue weighted by Crippen LogP contribution is -2.49. The summed E-state index contributed by atoms with van der Waals surface area (Å²) >= 11 is 12.4. The van der Waals surface area contributed by atoms with E-state index in [2.05, 4.69) is 18.4 Å². The number of methoxy groups -OCH3 is 1. The zero-order valence-corrected chi connectivity index (χ0v) is 22.4. The van der Waals surface area contributed by atoms with E-state index in [0.29, 0.717) is 37.8 Å². The maximum absolute atomic E-state index is 13.4. The van der Waals surface area contributed by atoms with Gasteiger partial charge in [0.15, 0.2) is 0 Å². The van der Waals surface area contributed by atoms with Gasteiger partial charge in [0.1, 0.15) is 0 Å². The van der Waals surface area contributed by atoms with Crippen LogP contribution >= 0.6 is 23.2 Å². The highest BCUT2D eigenvalue weighted by Crippen LogP contribution is 2.22. The molecule has 0 aliphatic heterocycles. The summed E-state index contributed by atoms with van der Waals surface area (Å²) in [6.45, 7) is 10.1. The van der Waals surface area contributed by atoms with Crippen LogP contribution in [0.5, 0.6) is 0 Å². The monoisotopic (exact) mass is 509 g/mol. The summed E-state index contributed by atoms with van der Waals surface area (Å²) in [6, 6.07) is 11.7. The number of nitrogens with zero attached hydrogens (tertiary/aromatic N) is 3. The van der Waals surface area contributed by atoms with Crippen LogP contribution in [0, 0.1) is 11.3 Å². The fourth-order valence-corrected chi connectivity index (χ4v) is 3.96. The Kier molecular flexibility index (Phi) is 10.9. The minimum Gasteiger partial charge on any atom is -0.383 e. The van der Waals surface area contributed by atoms with Gasteiger partial charge in [-0.2, -0.15) is 0 Å². The van der Waals surface area contributed by atoms with Gasteiger partial charge >= 0.3 is 0 Å². The van der Waals surface area contributed by atoms with Gasteiger partial charge in [0.25, 0.3) is 0 Å². The molecule has 0 radical (unpaired) electrons. The number of ether oxygens (including phenoxy) is 1. The quantitative estimate of drug-likeness (QED) is 0.360. The molecule has 0 atom stereocenters. The van der Waals surface area contributed by atoms with Crippen LogP contribution in [0.1, 0.15) is 39.0 Å². The first-order valence-electron chi connectivity index (χ1n) is 11.6. The molecule has 1 heterocycles. The molecule has 8 heteroatoms.